The zero-order valence-electron chi connectivity index (χ0n) is 18.3. The number of nitrogen functional groups attached to an aromatic ring is 2. The average molecular weight is 535 g/mol. The fourth-order valence-electron chi connectivity index (χ4n) is 2.88. The minimum Gasteiger partial charge on any atom is -0.465 e. The maximum atomic E-state index is 12.0. The third-order valence-electron chi connectivity index (χ3n) is 4.57. The van der Waals surface area contributed by atoms with Gasteiger partial charge in [-0.05, 0) is 30.3 Å². The van der Waals surface area contributed by atoms with E-state index in [4.69, 9.17) is 11.5 Å². The molecule has 0 unspecified atom stereocenters. The number of azo groups is 2. The molecule has 0 aliphatic rings. The standard InChI is InChI=1S/C20H18N6O8S2/c1-34-20(27)11-6-2-3-7-12(11)23-26-19-17(21)14(10-16(18(19)22)36(31,32)33)25-24-13-8-4-5-9-15(13)35(28,29)30/h2-10H,21-22H2,1H3,(H,28,29,30)(H,31,32,33)/b25-24+,26-23+. The number of nitrogens with zero attached hydrogens (tertiary/aromatic N) is 4. The number of methoxy groups -OCH3 is 1. The molecule has 6 N–H and O–H groups in total. The summed E-state index contributed by atoms with van der Waals surface area (Å²) in [6.07, 6.45) is 0. The summed E-state index contributed by atoms with van der Waals surface area (Å²) in [5.41, 5.74) is 9.97. The first kappa shape index (κ1) is 26.4. The van der Waals surface area contributed by atoms with Gasteiger partial charge in [0.05, 0.1) is 24.0 Å². The Bertz CT molecular complexity index is 1620. The highest BCUT2D eigenvalue weighted by molar-refractivity contribution is 7.86. The average Bonchev–Trinajstić information content (AvgIpc) is 2.82. The molecule has 36 heavy (non-hydrogen) atoms. The van der Waals surface area contributed by atoms with Gasteiger partial charge < -0.3 is 16.2 Å². The second-order valence-electron chi connectivity index (χ2n) is 6.90. The van der Waals surface area contributed by atoms with E-state index in [-0.39, 0.29) is 28.3 Å². The lowest BCUT2D eigenvalue weighted by Crippen LogP contribution is -2.05. The summed E-state index contributed by atoms with van der Waals surface area (Å²) in [7, 11) is -8.41. The molecule has 188 valence electrons. The number of hydrogen-bond acceptors (Lipinski definition) is 12. The van der Waals surface area contributed by atoms with Crippen LogP contribution in [0.1, 0.15) is 10.4 Å². The van der Waals surface area contributed by atoms with Crippen LogP contribution in [-0.2, 0) is 25.0 Å². The zero-order chi connectivity index (χ0) is 26.7. The molecule has 3 rings (SSSR count). The molecule has 0 aromatic heterocycles. The molecule has 0 amide bonds. The summed E-state index contributed by atoms with van der Waals surface area (Å²) < 4.78 is 70.6. The lowest BCUT2D eigenvalue weighted by atomic mass is 10.2. The molecule has 0 aliphatic carbocycles. The fraction of sp³-hybridized carbons (Fsp3) is 0.0500. The lowest BCUT2D eigenvalue weighted by Gasteiger charge is -2.11. The summed E-state index contributed by atoms with van der Waals surface area (Å²) in [5, 5.41) is 15.2. The summed E-state index contributed by atoms with van der Waals surface area (Å²) in [5.74, 6) is -0.718. The van der Waals surface area contributed by atoms with Gasteiger partial charge in [-0.2, -0.15) is 16.8 Å². The van der Waals surface area contributed by atoms with Crippen molar-refractivity contribution >= 4 is 60.3 Å². The van der Waals surface area contributed by atoms with Crippen LogP contribution in [0.15, 0.2) is 84.8 Å². The van der Waals surface area contributed by atoms with Gasteiger partial charge in [0.15, 0.2) is 0 Å². The highest BCUT2D eigenvalue weighted by atomic mass is 32.2. The molecule has 3 aromatic carbocycles. The second kappa shape index (κ2) is 10.2. The SMILES string of the molecule is COC(=O)c1ccccc1/N=N/c1c(N)c(/N=N/c2ccccc2S(=O)(=O)O)cc(S(=O)(=O)O)c1N. The van der Waals surface area contributed by atoms with Crippen molar-refractivity contribution in [2.24, 2.45) is 20.5 Å². The minimum atomic E-state index is -4.91. The number of benzene rings is 3. The summed E-state index contributed by atoms with van der Waals surface area (Å²) in [6.45, 7) is 0. The van der Waals surface area contributed by atoms with Crippen molar-refractivity contribution in [2.75, 3.05) is 18.6 Å². The zero-order valence-corrected chi connectivity index (χ0v) is 19.9. The molecule has 14 nitrogen and oxygen atoms in total. The topological polar surface area (TPSA) is 237 Å². The van der Waals surface area contributed by atoms with E-state index < -0.39 is 47.4 Å². The number of nitrogens with two attached hydrogens (primary N) is 2. The molecule has 0 saturated heterocycles. The van der Waals surface area contributed by atoms with Crippen molar-refractivity contribution in [3.63, 3.8) is 0 Å². The monoisotopic (exact) mass is 534 g/mol. The Labute approximate surface area is 204 Å². The van der Waals surface area contributed by atoms with E-state index in [2.05, 4.69) is 25.2 Å². The molecule has 0 fully saturated rings. The Morgan fingerprint density at radius 2 is 1.28 bits per heavy atom. The highest BCUT2D eigenvalue weighted by Crippen LogP contribution is 2.43. The van der Waals surface area contributed by atoms with E-state index in [0.29, 0.717) is 0 Å². The van der Waals surface area contributed by atoms with Gasteiger partial charge in [-0.25, -0.2) is 4.79 Å². The first-order valence-electron chi connectivity index (χ1n) is 9.61. The van der Waals surface area contributed by atoms with Gasteiger partial charge in [-0.3, -0.25) is 9.11 Å². The summed E-state index contributed by atoms with van der Waals surface area (Å²) >= 11 is 0. The van der Waals surface area contributed by atoms with Crippen LogP contribution in [0.2, 0.25) is 0 Å². The molecule has 0 atom stereocenters. The van der Waals surface area contributed by atoms with Gasteiger partial charge in [0.1, 0.15) is 32.5 Å². The van der Waals surface area contributed by atoms with Crippen molar-refractivity contribution < 1.29 is 35.5 Å². The Hall–Kier alpha value is -4.25. The third-order valence-corrected chi connectivity index (χ3v) is 6.37. The van der Waals surface area contributed by atoms with Crippen LogP contribution in [0.5, 0.6) is 0 Å². The molecule has 0 spiro atoms. The van der Waals surface area contributed by atoms with Crippen molar-refractivity contribution in [1.29, 1.82) is 0 Å². The van der Waals surface area contributed by atoms with E-state index >= 15 is 0 Å². The van der Waals surface area contributed by atoms with Crippen LogP contribution in [-0.4, -0.2) is 39.0 Å². The van der Waals surface area contributed by atoms with Crippen molar-refractivity contribution in [3.8, 4) is 0 Å². The van der Waals surface area contributed by atoms with E-state index in [1.807, 2.05) is 0 Å². The number of hydrogen-bond donors (Lipinski definition) is 4. The Kier molecular flexibility index (Phi) is 7.44. The van der Waals surface area contributed by atoms with Gasteiger partial charge in [-0.1, -0.05) is 24.3 Å². The van der Waals surface area contributed by atoms with Crippen molar-refractivity contribution in [3.05, 3.63) is 60.2 Å². The maximum Gasteiger partial charge on any atom is 0.340 e. The van der Waals surface area contributed by atoms with Crippen molar-refractivity contribution in [1.82, 2.24) is 0 Å². The van der Waals surface area contributed by atoms with E-state index in [9.17, 15) is 30.7 Å². The summed E-state index contributed by atoms with van der Waals surface area (Å²) in [6, 6.07) is 11.8. The molecular formula is C20H18N6O8S2. The van der Waals surface area contributed by atoms with Gasteiger partial charge >= 0.3 is 5.97 Å². The molecule has 0 aliphatic heterocycles. The van der Waals surface area contributed by atoms with Crippen LogP contribution in [0, 0.1) is 0 Å². The number of carbonyl (C=O) groups excluding carboxylic acids is 1. The van der Waals surface area contributed by atoms with E-state index in [1.165, 1.54) is 37.4 Å². The largest absolute Gasteiger partial charge is 0.465 e. The normalized spacial score (nSPS) is 12.3. The molecule has 0 heterocycles. The number of anilines is 2. The Balaban J connectivity index is 2.19. The maximum absolute atomic E-state index is 12.0. The van der Waals surface area contributed by atoms with Crippen LogP contribution < -0.4 is 11.5 Å². The third kappa shape index (κ3) is 5.69. The molecular weight excluding hydrogens is 516 g/mol. The predicted molar refractivity (Wildman–Crippen MR) is 127 cm³/mol. The second-order valence-corrected chi connectivity index (χ2v) is 9.68. The number of esters is 1. The number of rotatable bonds is 7. The quantitative estimate of drug-likeness (QED) is 0.147. The molecule has 3 aromatic rings. The molecule has 16 heteroatoms. The van der Waals surface area contributed by atoms with Gasteiger partial charge in [-0.15, -0.1) is 20.5 Å². The number of carbonyl (C=O) groups is 1. The number of ether oxygens (including phenoxy) is 1. The predicted octanol–water partition coefficient (Wildman–Crippen LogP) is 3.96. The molecule has 0 saturated carbocycles. The molecule has 0 bridgehead atoms. The van der Waals surface area contributed by atoms with Gasteiger partial charge in [0.2, 0.25) is 0 Å². The van der Waals surface area contributed by atoms with Crippen LogP contribution in [0.3, 0.4) is 0 Å². The summed E-state index contributed by atoms with van der Waals surface area (Å²) in [4.78, 5) is 10.6. The lowest BCUT2D eigenvalue weighted by molar-refractivity contribution is 0.0601. The van der Waals surface area contributed by atoms with E-state index in [0.717, 1.165) is 12.1 Å². The van der Waals surface area contributed by atoms with Gasteiger partial charge in [0, 0.05) is 0 Å². The Morgan fingerprint density at radius 3 is 1.89 bits per heavy atom. The van der Waals surface area contributed by atoms with Crippen LogP contribution in [0.25, 0.3) is 0 Å². The van der Waals surface area contributed by atoms with Crippen molar-refractivity contribution in [2.45, 2.75) is 9.79 Å². The fourth-order valence-corrected chi connectivity index (χ4v) is 4.14. The van der Waals surface area contributed by atoms with Crippen LogP contribution >= 0.6 is 0 Å². The smallest absolute Gasteiger partial charge is 0.340 e. The first-order valence-corrected chi connectivity index (χ1v) is 12.5. The van der Waals surface area contributed by atoms with Crippen LogP contribution in [0.4, 0.5) is 34.1 Å². The first-order chi connectivity index (χ1) is 16.8. The molecule has 0 radical (unpaired) electrons. The van der Waals surface area contributed by atoms with Gasteiger partial charge in [0.25, 0.3) is 20.2 Å². The minimum absolute atomic E-state index is 0.0330. The highest BCUT2D eigenvalue weighted by Gasteiger charge is 2.23. The van der Waals surface area contributed by atoms with E-state index in [1.54, 1.807) is 12.1 Å². The Morgan fingerprint density at radius 1 is 0.750 bits per heavy atom.